The third-order valence-corrected chi connectivity index (χ3v) is 4.98. The minimum atomic E-state index is -0.454. The second-order valence-electron chi connectivity index (χ2n) is 6.93. The number of likely N-dealkylation sites (N-methyl/N-ethyl adjacent to an activating group) is 1. The van der Waals surface area contributed by atoms with Crippen molar-refractivity contribution in [3.8, 4) is 5.75 Å². The summed E-state index contributed by atoms with van der Waals surface area (Å²) in [7, 11) is 1.88. The van der Waals surface area contributed by atoms with E-state index in [-0.39, 0.29) is 37.2 Å². The summed E-state index contributed by atoms with van der Waals surface area (Å²) in [6.45, 7) is 2.84. The number of hydrogen-bond donors (Lipinski definition) is 2. The number of carbonyl (C=O) groups is 3. The highest BCUT2D eigenvalue weighted by molar-refractivity contribution is 5.96. The molecule has 2 heterocycles. The molecule has 1 aromatic carbocycles. The van der Waals surface area contributed by atoms with E-state index in [1.807, 2.05) is 18.0 Å². The van der Waals surface area contributed by atoms with Crippen LogP contribution in [0, 0.1) is 0 Å². The highest BCUT2D eigenvalue weighted by Crippen LogP contribution is 2.34. The Balaban J connectivity index is 1.65. The zero-order valence-electron chi connectivity index (χ0n) is 16.0. The zero-order chi connectivity index (χ0) is 20.1. The predicted molar refractivity (Wildman–Crippen MR) is 102 cm³/mol. The van der Waals surface area contributed by atoms with Gasteiger partial charge >= 0.3 is 0 Å². The first-order chi connectivity index (χ1) is 13.5. The van der Waals surface area contributed by atoms with Crippen LogP contribution in [0.25, 0.3) is 0 Å². The number of hydrogen-bond acceptors (Lipinski definition) is 6. The first kappa shape index (κ1) is 19.9. The summed E-state index contributed by atoms with van der Waals surface area (Å²) in [6, 6.07) is 5.20. The molecule has 1 fully saturated rings. The van der Waals surface area contributed by atoms with Crippen molar-refractivity contribution >= 4 is 23.4 Å². The highest BCUT2D eigenvalue weighted by Gasteiger charge is 2.28. The Bertz CT molecular complexity index is 748. The number of ether oxygens (including phenoxy) is 2. The minimum absolute atomic E-state index is 0.0363. The lowest BCUT2D eigenvalue weighted by molar-refractivity contribution is -0.122. The van der Waals surface area contributed by atoms with Gasteiger partial charge in [0.2, 0.25) is 11.8 Å². The number of nitrogens with two attached hydrogens (primary N) is 1. The average molecular weight is 390 g/mol. The lowest BCUT2D eigenvalue weighted by atomic mass is 10.1. The van der Waals surface area contributed by atoms with Gasteiger partial charge in [0.25, 0.3) is 5.91 Å². The van der Waals surface area contributed by atoms with Gasteiger partial charge in [0.15, 0.2) is 0 Å². The van der Waals surface area contributed by atoms with Crippen LogP contribution in [0.1, 0.15) is 23.2 Å². The molecular formula is C19H26N4O5. The summed E-state index contributed by atoms with van der Waals surface area (Å²) >= 11 is 0. The molecule has 0 unspecified atom stereocenters. The molecule has 1 saturated heterocycles. The molecule has 1 aromatic rings. The number of benzene rings is 1. The Hall–Kier alpha value is -2.81. The number of carbonyl (C=O) groups excluding carboxylic acids is 3. The number of nitrogens with one attached hydrogen (secondary N) is 1. The number of primary amides is 1. The molecule has 3 rings (SSSR count). The molecule has 0 saturated carbocycles. The van der Waals surface area contributed by atoms with Gasteiger partial charge in [-0.05, 0) is 18.2 Å². The summed E-state index contributed by atoms with van der Waals surface area (Å²) < 4.78 is 11.1. The van der Waals surface area contributed by atoms with Crippen molar-refractivity contribution in [1.82, 2.24) is 10.2 Å². The van der Waals surface area contributed by atoms with Crippen LogP contribution in [-0.4, -0.2) is 75.2 Å². The van der Waals surface area contributed by atoms with E-state index in [0.29, 0.717) is 44.2 Å². The van der Waals surface area contributed by atoms with Crippen molar-refractivity contribution in [2.45, 2.75) is 18.9 Å². The molecule has 3 amide bonds. The van der Waals surface area contributed by atoms with Crippen LogP contribution in [-0.2, 0) is 14.3 Å². The standard InChI is InChI=1S/C19H26N4O5/c1-22-14(11-18(25)21-5-4-17(20)24)12-28-16-3-2-13(10-15(16)22)19(26)23-6-8-27-9-7-23/h2-3,10,14H,4-9,11-12H2,1H3,(H2,20,24)(H,21,25)/t14-/m0/s1. The number of anilines is 1. The maximum atomic E-state index is 12.7. The van der Waals surface area contributed by atoms with E-state index in [1.54, 1.807) is 17.0 Å². The molecule has 0 bridgehead atoms. The van der Waals surface area contributed by atoms with Gasteiger partial charge in [0.05, 0.1) is 31.4 Å². The second kappa shape index (κ2) is 8.92. The highest BCUT2D eigenvalue weighted by atomic mass is 16.5. The smallest absolute Gasteiger partial charge is 0.254 e. The molecule has 28 heavy (non-hydrogen) atoms. The summed E-state index contributed by atoms with van der Waals surface area (Å²) in [4.78, 5) is 39.4. The molecule has 3 N–H and O–H groups in total. The fourth-order valence-corrected chi connectivity index (χ4v) is 3.30. The van der Waals surface area contributed by atoms with Gasteiger partial charge in [0, 0.05) is 38.7 Å². The zero-order valence-corrected chi connectivity index (χ0v) is 16.0. The number of nitrogens with zero attached hydrogens (tertiary/aromatic N) is 2. The van der Waals surface area contributed by atoms with Crippen LogP contribution in [0.2, 0.25) is 0 Å². The van der Waals surface area contributed by atoms with Crippen molar-refractivity contribution in [1.29, 1.82) is 0 Å². The molecule has 0 aromatic heterocycles. The largest absolute Gasteiger partial charge is 0.489 e. The van der Waals surface area contributed by atoms with Gasteiger partial charge < -0.3 is 30.3 Å². The lowest BCUT2D eigenvalue weighted by Gasteiger charge is -2.36. The molecule has 1 atom stereocenters. The van der Waals surface area contributed by atoms with E-state index in [1.165, 1.54) is 0 Å². The van der Waals surface area contributed by atoms with E-state index in [9.17, 15) is 14.4 Å². The van der Waals surface area contributed by atoms with Crippen LogP contribution < -0.4 is 20.7 Å². The Morgan fingerprint density at radius 2 is 2.00 bits per heavy atom. The van der Waals surface area contributed by atoms with Gasteiger partial charge in [0.1, 0.15) is 12.4 Å². The average Bonchev–Trinajstić information content (AvgIpc) is 2.70. The minimum Gasteiger partial charge on any atom is -0.489 e. The first-order valence-electron chi connectivity index (χ1n) is 9.37. The second-order valence-corrected chi connectivity index (χ2v) is 6.93. The van der Waals surface area contributed by atoms with Crippen LogP contribution >= 0.6 is 0 Å². The van der Waals surface area contributed by atoms with Crippen LogP contribution in [0.4, 0.5) is 5.69 Å². The van der Waals surface area contributed by atoms with Gasteiger partial charge in [-0.2, -0.15) is 0 Å². The molecule has 2 aliphatic heterocycles. The fourth-order valence-electron chi connectivity index (χ4n) is 3.30. The van der Waals surface area contributed by atoms with Crippen molar-refractivity contribution in [3.63, 3.8) is 0 Å². The number of amides is 3. The number of fused-ring (bicyclic) bond motifs is 1. The van der Waals surface area contributed by atoms with E-state index in [4.69, 9.17) is 15.2 Å². The van der Waals surface area contributed by atoms with Crippen LogP contribution in [0.3, 0.4) is 0 Å². The molecular weight excluding hydrogens is 364 g/mol. The summed E-state index contributed by atoms with van der Waals surface area (Å²) in [5.41, 5.74) is 6.44. The van der Waals surface area contributed by atoms with E-state index < -0.39 is 5.91 Å². The third kappa shape index (κ3) is 4.72. The Kier molecular flexibility index (Phi) is 6.35. The van der Waals surface area contributed by atoms with Crippen molar-refractivity contribution in [2.75, 3.05) is 51.4 Å². The van der Waals surface area contributed by atoms with Crippen molar-refractivity contribution in [2.24, 2.45) is 5.73 Å². The normalized spacial score (nSPS) is 18.8. The van der Waals surface area contributed by atoms with Crippen molar-refractivity contribution < 1.29 is 23.9 Å². The summed E-state index contributed by atoms with van der Waals surface area (Å²) in [5.74, 6) is 0.0211. The Labute approximate surface area is 163 Å². The first-order valence-corrected chi connectivity index (χ1v) is 9.37. The molecule has 9 nitrogen and oxygen atoms in total. The maximum absolute atomic E-state index is 12.7. The molecule has 152 valence electrons. The monoisotopic (exact) mass is 390 g/mol. The van der Waals surface area contributed by atoms with Gasteiger partial charge in [-0.3, -0.25) is 14.4 Å². The van der Waals surface area contributed by atoms with Crippen molar-refractivity contribution in [3.05, 3.63) is 23.8 Å². The summed E-state index contributed by atoms with van der Waals surface area (Å²) in [6.07, 6.45) is 0.328. The Morgan fingerprint density at radius 1 is 1.25 bits per heavy atom. The topological polar surface area (TPSA) is 114 Å². The van der Waals surface area contributed by atoms with E-state index in [2.05, 4.69) is 5.32 Å². The quantitative estimate of drug-likeness (QED) is 0.692. The number of morpholine rings is 1. The molecule has 9 heteroatoms. The Morgan fingerprint density at radius 3 is 2.71 bits per heavy atom. The van der Waals surface area contributed by atoms with E-state index in [0.717, 1.165) is 5.69 Å². The van der Waals surface area contributed by atoms with Crippen LogP contribution in [0.5, 0.6) is 5.75 Å². The molecule has 0 radical (unpaired) electrons. The van der Waals surface area contributed by atoms with Gasteiger partial charge in [-0.25, -0.2) is 0 Å². The lowest BCUT2D eigenvalue weighted by Crippen LogP contribution is -2.44. The predicted octanol–water partition coefficient (Wildman–Crippen LogP) is -0.262. The number of rotatable bonds is 6. The third-order valence-electron chi connectivity index (χ3n) is 4.98. The van der Waals surface area contributed by atoms with Gasteiger partial charge in [-0.1, -0.05) is 0 Å². The van der Waals surface area contributed by atoms with Gasteiger partial charge in [-0.15, -0.1) is 0 Å². The fraction of sp³-hybridized carbons (Fsp3) is 0.526. The SMILES string of the molecule is CN1c2cc(C(=O)N3CCOCC3)ccc2OC[C@@H]1CC(=O)NCCC(N)=O. The summed E-state index contributed by atoms with van der Waals surface area (Å²) in [5, 5.41) is 2.68. The molecule has 0 spiro atoms. The molecule has 2 aliphatic rings. The molecule has 0 aliphatic carbocycles. The maximum Gasteiger partial charge on any atom is 0.254 e. The van der Waals surface area contributed by atoms with Crippen LogP contribution in [0.15, 0.2) is 18.2 Å². The van der Waals surface area contributed by atoms with E-state index >= 15 is 0 Å².